The molecule has 0 atom stereocenters. The zero-order valence-corrected chi connectivity index (χ0v) is 19.7. The molecule has 0 aliphatic rings. The van der Waals surface area contributed by atoms with E-state index in [0.717, 1.165) is 27.6 Å². The molecule has 0 fully saturated rings. The van der Waals surface area contributed by atoms with Crippen molar-refractivity contribution in [2.45, 2.75) is 24.1 Å². The van der Waals surface area contributed by atoms with E-state index in [4.69, 9.17) is 21.1 Å². The zero-order valence-electron chi connectivity index (χ0n) is 18.1. The Morgan fingerprint density at radius 2 is 1.79 bits per heavy atom. The lowest BCUT2D eigenvalue weighted by atomic mass is 10.1. The van der Waals surface area contributed by atoms with Crippen LogP contribution in [0.1, 0.15) is 11.4 Å². The minimum atomic E-state index is -0.354. The predicted molar refractivity (Wildman–Crippen MR) is 129 cm³/mol. The summed E-state index contributed by atoms with van der Waals surface area (Å²) in [6, 6.07) is 22.4. The minimum absolute atomic E-state index is 0.262. The molecule has 0 saturated carbocycles. The van der Waals surface area contributed by atoms with Crippen LogP contribution >= 0.6 is 23.4 Å². The third-order valence-corrected chi connectivity index (χ3v) is 6.38. The Kier molecular flexibility index (Phi) is 7.99. The number of halogens is 2. The van der Waals surface area contributed by atoms with Crippen LogP contribution in [0.2, 0.25) is 5.02 Å². The molecule has 1 aromatic heterocycles. The number of benzene rings is 3. The van der Waals surface area contributed by atoms with E-state index < -0.39 is 0 Å². The number of hydrogen-bond acceptors (Lipinski definition) is 5. The molecule has 0 radical (unpaired) electrons. The largest absolute Gasteiger partial charge is 0.485 e. The Balaban J connectivity index is 1.51. The quantitative estimate of drug-likeness (QED) is 0.249. The first-order valence-electron chi connectivity index (χ1n) is 10.4. The number of thioether (sulfide) groups is 1. The number of hydrogen-bond donors (Lipinski definition) is 0. The Morgan fingerprint density at radius 1 is 1.00 bits per heavy atom. The van der Waals surface area contributed by atoms with Gasteiger partial charge in [0.15, 0.2) is 11.0 Å². The van der Waals surface area contributed by atoms with E-state index in [1.54, 1.807) is 13.2 Å². The molecule has 0 amide bonds. The van der Waals surface area contributed by atoms with E-state index in [-0.39, 0.29) is 12.4 Å². The number of methoxy groups -OCH3 is 1. The number of aromatic nitrogens is 3. The van der Waals surface area contributed by atoms with E-state index >= 15 is 0 Å². The van der Waals surface area contributed by atoms with Gasteiger partial charge in [0.05, 0.1) is 6.61 Å². The monoisotopic (exact) mass is 483 g/mol. The van der Waals surface area contributed by atoms with Crippen molar-refractivity contribution in [3.8, 4) is 16.9 Å². The Bertz CT molecular complexity index is 1200. The summed E-state index contributed by atoms with van der Waals surface area (Å²) in [5.74, 6) is 1.66. The highest BCUT2D eigenvalue weighted by Crippen LogP contribution is 2.31. The fourth-order valence-corrected chi connectivity index (χ4v) is 4.61. The van der Waals surface area contributed by atoms with Crippen LogP contribution in [0, 0.1) is 5.82 Å². The average Bonchev–Trinajstić information content (AvgIpc) is 3.23. The van der Waals surface area contributed by atoms with Gasteiger partial charge in [-0.25, -0.2) is 4.39 Å². The van der Waals surface area contributed by atoms with Crippen molar-refractivity contribution < 1.29 is 13.9 Å². The number of nitrogens with zero attached hydrogens (tertiary/aromatic N) is 3. The second-order valence-corrected chi connectivity index (χ2v) is 8.57. The van der Waals surface area contributed by atoms with Gasteiger partial charge in [-0.3, -0.25) is 0 Å². The lowest BCUT2D eigenvalue weighted by Crippen LogP contribution is -2.12. The van der Waals surface area contributed by atoms with Crippen LogP contribution in [-0.4, -0.2) is 28.5 Å². The maximum absolute atomic E-state index is 13.3. The third-order valence-electron chi connectivity index (χ3n) is 5.01. The van der Waals surface area contributed by atoms with E-state index in [2.05, 4.69) is 22.3 Å². The summed E-state index contributed by atoms with van der Waals surface area (Å²) < 4.78 is 26.8. The lowest BCUT2D eigenvalue weighted by Gasteiger charge is -2.13. The van der Waals surface area contributed by atoms with E-state index in [9.17, 15) is 4.39 Å². The molecular formula is C25H23ClFN3O2S. The summed E-state index contributed by atoms with van der Waals surface area (Å²) >= 11 is 7.66. The summed E-state index contributed by atoms with van der Waals surface area (Å²) in [7, 11) is 1.65. The smallest absolute Gasteiger partial charge is 0.191 e. The molecule has 0 bridgehead atoms. The molecule has 0 saturated heterocycles. The Morgan fingerprint density at radius 3 is 2.58 bits per heavy atom. The molecule has 0 aliphatic carbocycles. The van der Waals surface area contributed by atoms with Gasteiger partial charge in [0.2, 0.25) is 0 Å². The zero-order chi connectivity index (χ0) is 23.0. The molecule has 8 heteroatoms. The Hall–Kier alpha value is -2.87. The number of para-hydroxylation sites is 1. The van der Waals surface area contributed by atoms with E-state index in [1.165, 1.54) is 23.9 Å². The highest BCUT2D eigenvalue weighted by molar-refractivity contribution is 7.98. The van der Waals surface area contributed by atoms with Crippen molar-refractivity contribution in [2.75, 3.05) is 13.7 Å². The van der Waals surface area contributed by atoms with Crippen molar-refractivity contribution in [1.82, 2.24) is 14.8 Å². The molecule has 0 spiro atoms. The standard InChI is InChI=1S/C25H23ClFN3O2S/c1-31-14-13-30-24(28-29-25(30)33-17-19-11-12-20(27)15-22(19)26)16-32-23-10-6-5-9-21(23)18-7-3-2-4-8-18/h2-12,15H,13-14,16-17H2,1H3. The molecule has 0 aliphatic heterocycles. The van der Waals surface area contributed by atoms with Gasteiger partial charge in [0.25, 0.3) is 0 Å². The van der Waals surface area contributed by atoms with Crippen LogP contribution in [-0.2, 0) is 23.6 Å². The van der Waals surface area contributed by atoms with Crippen molar-refractivity contribution in [2.24, 2.45) is 0 Å². The molecular weight excluding hydrogens is 461 g/mol. The second kappa shape index (κ2) is 11.3. The van der Waals surface area contributed by atoms with Gasteiger partial charge in [-0.15, -0.1) is 10.2 Å². The molecule has 33 heavy (non-hydrogen) atoms. The number of rotatable bonds is 10. The molecule has 1 heterocycles. The molecule has 0 N–H and O–H groups in total. The summed E-state index contributed by atoms with van der Waals surface area (Å²) in [4.78, 5) is 0. The molecule has 170 valence electrons. The predicted octanol–water partition coefficient (Wildman–Crippen LogP) is 6.26. The fraction of sp³-hybridized carbons (Fsp3) is 0.200. The van der Waals surface area contributed by atoms with Crippen LogP contribution in [0.15, 0.2) is 78.0 Å². The highest BCUT2D eigenvalue weighted by Gasteiger charge is 2.15. The minimum Gasteiger partial charge on any atom is -0.485 e. The van der Waals surface area contributed by atoms with Gasteiger partial charge >= 0.3 is 0 Å². The van der Waals surface area contributed by atoms with Gasteiger partial charge in [-0.1, -0.05) is 78.0 Å². The van der Waals surface area contributed by atoms with Gasteiger partial charge < -0.3 is 14.0 Å². The molecule has 4 rings (SSSR count). The SMILES string of the molecule is COCCn1c(COc2ccccc2-c2ccccc2)nnc1SCc1ccc(F)cc1Cl. The first-order valence-corrected chi connectivity index (χ1v) is 11.8. The third kappa shape index (κ3) is 5.93. The maximum Gasteiger partial charge on any atom is 0.191 e. The van der Waals surface area contributed by atoms with Gasteiger partial charge in [-0.2, -0.15) is 0 Å². The van der Waals surface area contributed by atoms with Crippen molar-refractivity contribution in [1.29, 1.82) is 0 Å². The Labute approximate surface area is 201 Å². The second-order valence-electron chi connectivity index (χ2n) is 7.22. The normalized spacial score (nSPS) is 11.0. The highest BCUT2D eigenvalue weighted by atomic mass is 35.5. The maximum atomic E-state index is 13.3. The van der Waals surface area contributed by atoms with Gasteiger partial charge in [-0.05, 0) is 29.3 Å². The first-order chi connectivity index (χ1) is 16.2. The van der Waals surface area contributed by atoms with Crippen LogP contribution in [0.3, 0.4) is 0 Å². The van der Waals surface area contributed by atoms with Gasteiger partial charge in [0, 0.05) is 30.0 Å². The summed E-state index contributed by atoms with van der Waals surface area (Å²) in [6.07, 6.45) is 0. The summed E-state index contributed by atoms with van der Waals surface area (Å²) in [5.41, 5.74) is 2.93. The van der Waals surface area contributed by atoms with Crippen molar-refractivity contribution in [3.63, 3.8) is 0 Å². The van der Waals surface area contributed by atoms with Crippen LogP contribution in [0.4, 0.5) is 4.39 Å². The van der Waals surface area contributed by atoms with E-state index in [0.29, 0.717) is 29.8 Å². The molecule has 3 aromatic carbocycles. The van der Waals surface area contributed by atoms with E-state index in [1.807, 2.05) is 47.0 Å². The number of ether oxygens (including phenoxy) is 2. The lowest BCUT2D eigenvalue weighted by molar-refractivity contribution is 0.181. The van der Waals surface area contributed by atoms with Gasteiger partial charge in [0.1, 0.15) is 18.2 Å². The van der Waals surface area contributed by atoms with Crippen LogP contribution in [0.25, 0.3) is 11.1 Å². The van der Waals surface area contributed by atoms with Crippen LogP contribution in [0.5, 0.6) is 5.75 Å². The molecule has 4 aromatic rings. The average molecular weight is 484 g/mol. The van der Waals surface area contributed by atoms with Crippen LogP contribution < -0.4 is 4.74 Å². The first kappa shape index (κ1) is 23.3. The molecule has 5 nitrogen and oxygen atoms in total. The summed E-state index contributed by atoms with van der Waals surface area (Å²) in [5, 5.41) is 9.82. The van der Waals surface area contributed by atoms with Crippen molar-refractivity contribution in [3.05, 3.63) is 95.0 Å². The topological polar surface area (TPSA) is 49.2 Å². The fourth-order valence-electron chi connectivity index (χ4n) is 3.31. The molecule has 0 unspecified atom stereocenters. The van der Waals surface area contributed by atoms with Crippen molar-refractivity contribution >= 4 is 23.4 Å². The summed E-state index contributed by atoms with van der Waals surface area (Å²) in [6.45, 7) is 1.36.